The van der Waals surface area contributed by atoms with Gasteiger partial charge in [0.25, 0.3) is 0 Å². The smallest absolute Gasteiger partial charge is 0.155 e. The van der Waals surface area contributed by atoms with Gasteiger partial charge in [-0.3, -0.25) is 4.79 Å². The molecule has 1 saturated carbocycles. The average Bonchev–Trinajstić information content (AvgIpc) is 2.76. The summed E-state index contributed by atoms with van der Waals surface area (Å²) in [5.74, 6) is 0.367. The fourth-order valence-electron chi connectivity index (χ4n) is 3.26. The zero-order valence-corrected chi connectivity index (χ0v) is 11.1. The molecule has 98 valence electrons. The van der Waals surface area contributed by atoms with Crippen LogP contribution in [-0.2, 0) is 9.53 Å². The van der Waals surface area contributed by atoms with Crippen molar-refractivity contribution in [2.24, 2.45) is 11.7 Å². The molecule has 0 amide bonds. The highest BCUT2D eigenvalue weighted by Gasteiger charge is 2.44. The summed E-state index contributed by atoms with van der Waals surface area (Å²) < 4.78 is 5.96. The van der Waals surface area contributed by atoms with Crippen molar-refractivity contribution in [1.82, 2.24) is 0 Å². The lowest BCUT2D eigenvalue weighted by Gasteiger charge is -2.39. The van der Waals surface area contributed by atoms with Crippen molar-refractivity contribution in [3.05, 3.63) is 0 Å². The number of carbonyl (C=O) groups is 1. The average molecular weight is 239 g/mol. The molecule has 3 nitrogen and oxygen atoms in total. The Labute approximate surface area is 104 Å². The van der Waals surface area contributed by atoms with E-state index >= 15 is 0 Å². The summed E-state index contributed by atoms with van der Waals surface area (Å²) in [6, 6.07) is 0. The van der Waals surface area contributed by atoms with Crippen LogP contribution >= 0.6 is 0 Å². The van der Waals surface area contributed by atoms with E-state index in [9.17, 15) is 4.79 Å². The number of hydrogen-bond acceptors (Lipinski definition) is 3. The number of ether oxygens (including phenoxy) is 1. The van der Waals surface area contributed by atoms with Gasteiger partial charge in [0.2, 0.25) is 0 Å². The van der Waals surface area contributed by atoms with Crippen molar-refractivity contribution >= 4 is 5.78 Å². The molecule has 1 heterocycles. The van der Waals surface area contributed by atoms with Crippen molar-refractivity contribution in [1.29, 1.82) is 0 Å². The Morgan fingerprint density at radius 2 is 2.12 bits per heavy atom. The molecule has 2 rings (SSSR count). The molecular formula is C14H25NO2. The Morgan fingerprint density at radius 1 is 1.47 bits per heavy atom. The molecule has 2 N–H and O–H groups in total. The molecule has 1 aliphatic carbocycles. The van der Waals surface area contributed by atoms with Gasteiger partial charge in [0, 0.05) is 12.5 Å². The van der Waals surface area contributed by atoms with Crippen molar-refractivity contribution in [3.63, 3.8) is 0 Å². The molecule has 17 heavy (non-hydrogen) atoms. The molecule has 0 radical (unpaired) electrons. The lowest BCUT2D eigenvalue weighted by Crippen LogP contribution is -2.51. The molecule has 2 fully saturated rings. The maximum absolute atomic E-state index is 12.4. The number of rotatable bonds is 3. The first-order valence-corrected chi connectivity index (χ1v) is 6.96. The van der Waals surface area contributed by atoms with Gasteiger partial charge < -0.3 is 10.5 Å². The van der Waals surface area contributed by atoms with Crippen molar-refractivity contribution < 1.29 is 9.53 Å². The molecule has 0 aromatic rings. The highest BCUT2D eigenvalue weighted by atomic mass is 16.5. The van der Waals surface area contributed by atoms with Gasteiger partial charge >= 0.3 is 0 Å². The van der Waals surface area contributed by atoms with E-state index in [2.05, 4.69) is 0 Å². The largest absolute Gasteiger partial charge is 0.375 e. The van der Waals surface area contributed by atoms with Crippen molar-refractivity contribution in [2.75, 3.05) is 6.61 Å². The van der Waals surface area contributed by atoms with Gasteiger partial charge in [0.1, 0.15) is 0 Å². The quantitative estimate of drug-likeness (QED) is 0.823. The van der Waals surface area contributed by atoms with E-state index in [1.165, 1.54) is 12.8 Å². The third-order valence-corrected chi connectivity index (χ3v) is 4.68. The molecule has 1 spiro atoms. The third kappa shape index (κ3) is 2.55. The summed E-state index contributed by atoms with van der Waals surface area (Å²) in [4.78, 5) is 12.4. The molecule has 1 aliphatic heterocycles. The van der Waals surface area contributed by atoms with Crippen LogP contribution in [0.4, 0.5) is 0 Å². The summed E-state index contributed by atoms with van der Waals surface area (Å²) in [7, 11) is 0. The zero-order chi connectivity index (χ0) is 12.5. The number of nitrogens with two attached hydrogens (primary N) is 1. The van der Waals surface area contributed by atoms with Crippen LogP contribution in [0.5, 0.6) is 0 Å². The minimum Gasteiger partial charge on any atom is -0.375 e. The third-order valence-electron chi connectivity index (χ3n) is 4.68. The van der Waals surface area contributed by atoms with Crippen LogP contribution in [0.2, 0.25) is 0 Å². The second-order valence-corrected chi connectivity index (χ2v) is 6.06. The normalized spacial score (nSPS) is 31.4. The van der Waals surface area contributed by atoms with Gasteiger partial charge in [0.05, 0.1) is 11.1 Å². The summed E-state index contributed by atoms with van der Waals surface area (Å²) in [6.45, 7) is 4.59. The number of hydrogen-bond donors (Lipinski definition) is 1. The predicted octanol–water partition coefficient (Wildman–Crippen LogP) is 2.42. The maximum atomic E-state index is 12.4. The van der Waals surface area contributed by atoms with Gasteiger partial charge in [-0.1, -0.05) is 19.8 Å². The Bertz CT molecular complexity index is 293. The summed E-state index contributed by atoms with van der Waals surface area (Å²) in [5.41, 5.74) is 5.45. The molecular weight excluding hydrogens is 214 g/mol. The van der Waals surface area contributed by atoms with Crippen LogP contribution in [0.25, 0.3) is 0 Å². The second kappa shape index (κ2) is 4.69. The number of ketones is 1. The monoisotopic (exact) mass is 239 g/mol. The van der Waals surface area contributed by atoms with Crippen LogP contribution in [-0.4, -0.2) is 23.5 Å². The van der Waals surface area contributed by atoms with E-state index in [0.29, 0.717) is 0 Å². The SMILES string of the molecule is CCC(C)(N)C(=O)C1CCOC2(CCCC2)C1. The number of Topliss-reactive ketones (excluding diaryl/α,β-unsaturated/α-hetero) is 1. The van der Waals surface area contributed by atoms with E-state index in [4.69, 9.17) is 10.5 Å². The van der Waals surface area contributed by atoms with Crippen LogP contribution in [0.1, 0.15) is 58.8 Å². The molecule has 0 bridgehead atoms. The Hall–Kier alpha value is -0.410. The topological polar surface area (TPSA) is 52.3 Å². The molecule has 3 heteroatoms. The molecule has 0 aromatic heterocycles. The van der Waals surface area contributed by atoms with Gasteiger partial charge in [-0.05, 0) is 39.0 Å². The van der Waals surface area contributed by atoms with Gasteiger partial charge in [-0.15, -0.1) is 0 Å². The van der Waals surface area contributed by atoms with Gasteiger partial charge in [-0.2, -0.15) is 0 Å². The Balaban J connectivity index is 2.04. The van der Waals surface area contributed by atoms with Crippen LogP contribution < -0.4 is 5.73 Å². The maximum Gasteiger partial charge on any atom is 0.155 e. The molecule has 0 aromatic carbocycles. The molecule has 2 unspecified atom stereocenters. The van der Waals surface area contributed by atoms with E-state index in [1.807, 2.05) is 13.8 Å². The first-order valence-electron chi connectivity index (χ1n) is 6.96. The van der Waals surface area contributed by atoms with Crippen molar-refractivity contribution in [2.45, 2.75) is 69.9 Å². The molecule has 1 saturated heterocycles. The van der Waals surface area contributed by atoms with Crippen LogP contribution in [0.15, 0.2) is 0 Å². The predicted molar refractivity (Wildman–Crippen MR) is 67.8 cm³/mol. The van der Waals surface area contributed by atoms with Crippen LogP contribution in [0.3, 0.4) is 0 Å². The van der Waals surface area contributed by atoms with Gasteiger partial charge in [0.15, 0.2) is 5.78 Å². The fourth-order valence-corrected chi connectivity index (χ4v) is 3.26. The second-order valence-electron chi connectivity index (χ2n) is 6.06. The van der Waals surface area contributed by atoms with E-state index in [-0.39, 0.29) is 17.3 Å². The first kappa shape index (κ1) is 13.0. The lowest BCUT2D eigenvalue weighted by atomic mass is 9.76. The molecule has 2 aliphatic rings. The van der Waals surface area contributed by atoms with Gasteiger partial charge in [-0.25, -0.2) is 0 Å². The standard InChI is InChI=1S/C14H25NO2/c1-3-13(2,15)12(16)11-6-9-17-14(10-11)7-4-5-8-14/h11H,3-10,15H2,1-2H3. The number of carbonyl (C=O) groups excluding carboxylic acids is 1. The van der Waals surface area contributed by atoms with E-state index in [0.717, 1.165) is 38.7 Å². The summed E-state index contributed by atoms with van der Waals surface area (Å²) >= 11 is 0. The van der Waals surface area contributed by atoms with Crippen LogP contribution in [0, 0.1) is 5.92 Å². The highest BCUT2D eigenvalue weighted by Crippen LogP contribution is 2.42. The Kier molecular flexibility index (Phi) is 3.60. The molecule has 2 atom stereocenters. The fraction of sp³-hybridized carbons (Fsp3) is 0.929. The summed E-state index contributed by atoms with van der Waals surface area (Å²) in [6.07, 6.45) is 7.22. The van der Waals surface area contributed by atoms with E-state index < -0.39 is 5.54 Å². The highest BCUT2D eigenvalue weighted by molar-refractivity contribution is 5.89. The minimum atomic E-state index is -0.651. The van der Waals surface area contributed by atoms with E-state index in [1.54, 1.807) is 0 Å². The summed E-state index contributed by atoms with van der Waals surface area (Å²) in [5, 5.41) is 0. The first-order chi connectivity index (χ1) is 7.99. The zero-order valence-electron chi connectivity index (χ0n) is 11.1. The van der Waals surface area contributed by atoms with Crippen molar-refractivity contribution in [3.8, 4) is 0 Å². The Morgan fingerprint density at radius 3 is 2.71 bits per heavy atom. The lowest BCUT2D eigenvalue weighted by molar-refractivity contribution is -0.140. The minimum absolute atomic E-state index is 0.0163.